The summed E-state index contributed by atoms with van der Waals surface area (Å²) >= 11 is 0. The number of pyridine rings is 1. The Morgan fingerprint density at radius 1 is 1.40 bits per heavy atom. The lowest BCUT2D eigenvalue weighted by molar-refractivity contribution is -0.141. The van der Waals surface area contributed by atoms with Crippen molar-refractivity contribution < 1.29 is 22.8 Å². The first-order valence-corrected chi connectivity index (χ1v) is 8.03. The number of rotatable bonds is 6. The van der Waals surface area contributed by atoms with Crippen LogP contribution in [-0.2, 0) is 22.3 Å². The number of nitrogens with zero attached hydrogens (tertiary/aromatic N) is 2. The van der Waals surface area contributed by atoms with Gasteiger partial charge in [0.15, 0.2) is 0 Å². The van der Waals surface area contributed by atoms with Crippen molar-refractivity contribution in [3.05, 3.63) is 42.2 Å². The Kier molecular flexibility index (Phi) is 6.17. The lowest BCUT2D eigenvalue weighted by Gasteiger charge is -2.23. The average Bonchev–Trinajstić information content (AvgIpc) is 3.05. The molecule has 0 saturated carbocycles. The standard InChI is InChI=1S/C17H20F3N3O2/c1-2-16(25)23-9-3-4-13(23)6-8-15(24)22-11-12-5-7-14(21-10-12)17(18,19)20/h2,5,7,10,13H,1,3-4,6,8-9,11H2,(H,22,24). The maximum absolute atomic E-state index is 12.4. The summed E-state index contributed by atoms with van der Waals surface area (Å²) < 4.78 is 37.3. The zero-order valence-corrected chi connectivity index (χ0v) is 13.7. The van der Waals surface area contributed by atoms with E-state index in [2.05, 4.69) is 16.9 Å². The van der Waals surface area contributed by atoms with E-state index in [0.717, 1.165) is 25.1 Å². The van der Waals surface area contributed by atoms with Crippen LogP contribution in [0.15, 0.2) is 31.0 Å². The molecule has 1 fully saturated rings. The minimum atomic E-state index is -4.47. The average molecular weight is 355 g/mol. The second kappa shape index (κ2) is 8.13. The molecule has 1 aliphatic rings. The predicted octanol–water partition coefficient (Wildman–Crippen LogP) is 2.67. The number of amides is 2. The Hall–Kier alpha value is -2.38. The highest BCUT2D eigenvalue weighted by atomic mass is 19.4. The van der Waals surface area contributed by atoms with Crippen molar-refractivity contribution >= 4 is 11.8 Å². The molecule has 2 rings (SSSR count). The van der Waals surface area contributed by atoms with Crippen molar-refractivity contribution in [2.24, 2.45) is 0 Å². The van der Waals surface area contributed by atoms with Crippen molar-refractivity contribution in [3.63, 3.8) is 0 Å². The Bertz CT molecular complexity index is 629. The largest absolute Gasteiger partial charge is 0.433 e. The van der Waals surface area contributed by atoms with Crippen LogP contribution in [-0.4, -0.2) is 34.3 Å². The molecule has 0 spiro atoms. The molecule has 1 aromatic heterocycles. The third kappa shape index (κ3) is 5.30. The molecular formula is C17H20F3N3O2. The van der Waals surface area contributed by atoms with Crippen molar-refractivity contribution in [1.82, 2.24) is 15.2 Å². The number of aromatic nitrogens is 1. The highest BCUT2D eigenvalue weighted by molar-refractivity contribution is 5.87. The van der Waals surface area contributed by atoms with Crippen molar-refractivity contribution in [3.8, 4) is 0 Å². The topological polar surface area (TPSA) is 62.3 Å². The molecule has 25 heavy (non-hydrogen) atoms. The number of hydrogen-bond acceptors (Lipinski definition) is 3. The second-order valence-electron chi connectivity index (χ2n) is 5.90. The van der Waals surface area contributed by atoms with Crippen molar-refractivity contribution in [1.29, 1.82) is 0 Å². The van der Waals surface area contributed by atoms with Gasteiger partial charge in [-0.15, -0.1) is 0 Å². The fourth-order valence-corrected chi connectivity index (χ4v) is 2.83. The Balaban J connectivity index is 1.77. The number of carbonyl (C=O) groups excluding carboxylic acids is 2. The fraction of sp³-hybridized carbons (Fsp3) is 0.471. The first-order valence-electron chi connectivity index (χ1n) is 8.03. The van der Waals surface area contributed by atoms with E-state index in [0.29, 0.717) is 18.5 Å². The predicted molar refractivity (Wildman–Crippen MR) is 85.3 cm³/mol. The number of halogens is 3. The zero-order valence-electron chi connectivity index (χ0n) is 13.7. The van der Waals surface area contributed by atoms with Gasteiger partial charge in [-0.05, 0) is 37.0 Å². The lowest BCUT2D eigenvalue weighted by atomic mass is 10.1. The van der Waals surface area contributed by atoms with Crippen LogP contribution in [0.5, 0.6) is 0 Å². The summed E-state index contributed by atoms with van der Waals surface area (Å²) in [7, 11) is 0. The maximum Gasteiger partial charge on any atom is 0.433 e. The van der Waals surface area contributed by atoms with Gasteiger partial charge in [-0.3, -0.25) is 14.6 Å². The molecule has 2 heterocycles. The van der Waals surface area contributed by atoms with Gasteiger partial charge >= 0.3 is 6.18 Å². The molecule has 1 aromatic rings. The number of alkyl halides is 3. The van der Waals surface area contributed by atoms with E-state index < -0.39 is 11.9 Å². The minimum Gasteiger partial charge on any atom is -0.352 e. The first kappa shape index (κ1) is 19.0. The number of likely N-dealkylation sites (tertiary alicyclic amines) is 1. The van der Waals surface area contributed by atoms with E-state index in [1.807, 2.05) is 0 Å². The molecule has 2 amide bonds. The van der Waals surface area contributed by atoms with Crippen LogP contribution in [0, 0.1) is 0 Å². The zero-order chi connectivity index (χ0) is 18.4. The van der Waals surface area contributed by atoms with E-state index >= 15 is 0 Å². The SMILES string of the molecule is C=CC(=O)N1CCCC1CCC(=O)NCc1ccc(C(F)(F)F)nc1. The van der Waals surface area contributed by atoms with Crippen LogP contribution in [0.4, 0.5) is 13.2 Å². The van der Waals surface area contributed by atoms with Gasteiger partial charge in [0.1, 0.15) is 5.69 Å². The molecule has 1 unspecified atom stereocenters. The summed E-state index contributed by atoms with van der Waals surface area (Å²) in [6.45, 7) is 4.26. The molecule has 8 heteroatoms. The summed E-state index contributed by atoms with van der Waals surface area (Å²) in [6, 6.07) is 2.21. The van der Waals surface area contributed by atoms with E-state index in [1.165, 1.54) is 12.1 Å². The quantitative estimate of drug-likeness (QED) is 0.798. The van der Waals surface area contributed by atoms with Crippen LogP contribution in [0.25, 0.3) is 0 Å². The number of hydrogen-bond donors (Lipinski definition) is 1. The van der Waals surface area contributed by atoms with Gasteiger partial charge in [0.2, 0.25) is 11.8 Å². The van der Waals surface area contributed by atoms with Crippen LogP contribution in [0.1, 0.15) is 36.9 Å². The monoisotopic (exact) mass is 355 g/mol. The normalized spacial score (nSPS) is 17.4. The van der Waals surface area contributed by atoms with Crippen molar-refractivity contribution in [2.75, 3.05) is 6.54 Å². The molecule has 1 aliphatic heterocycles. The summed E-state index contributed by atoms with van der Waals surface area (Å²) in [4.78, 5) is 28.7. The summed E-state index contributed by atoms with van der Waals surface area (Å²) in [5.41, 5.74) is -0.471. The molecule has 0 aliphatic carbocycles. The fourth-order valence-electron chi connectivity index (χ4n) is 2.83. The lowest BCUT2D eigenvalue weighted by Crippen LogP contribution is -2.35. The van der Waals surface area contributed by atoms with E-state index in [-0.39, 0.29) is 30.8 Å². The number of nitrogens with one attached hydrogen (secondary N) is 1. The molecule has 5 nitrogen and oxygen atoms in total. The summed E-state index contributed by atoms with van der Waals surface area (Å²) in [5, 5.41) is 2.66. The minimum absolute atomic E-state index is 0.0315. The smallest absolute Gasteiger partial charge is 0.352 e. The molecule has 0 aromatic carbocycles. The Labute approximate surface area is 143 Å². The second-order valence-corrected chi connectivity index (χ2v) is 5.90. The van der Waals surface area contributed by atoms with Gasteiger partial charge in [-0.25, -0.2) is 0 Å². The van der Waals surface area contributed by atoms with Gasteiger partial charge in [-0.1, -0.05) is 12.6 Å². The van der Waals surface area contributed by atoms with Crippen LogP contribution >= 0.6 is 0 Å². The van der Waals surface area contributed by atoms with Crippen LogP contribution < -0.4 is 5.32 Å². The molecule has 136 valence electrons. The third-order valence-corrected chi connectivity index (χ3v) is 4.14. The highest BCUT2D eigenvalue weighted by Crippen LogP contribution is 2.27. The Morgan fingerprint density at radius 2 is 2.16 bits per heavy atom. The van der Waals surface area contributed by atoms with Gasteiger partial charge in [0, 0.05) is 31.7 Å². The summed E-state index contributed by atoms with van der Waals surface area (Å²) in [5.74, 6) is -0.337. The maximum atomic E-state index is 12.4. The molecule has 1 N–H and O–H groups in total. The van der Waals surface area contributed by atoms with Gasteiger partial charge < -0.3 is 10.2 Å². The van der Waals surface area contributed by atoms with Crippen LogP contribution in [0.2, 0.25) is 0 Å². The Morgan fingerprint density at radius 3 is 2.76 bits per heavy atom. The molecule has 0 radical (unpaired) electrons. The highest BCUT2D eigenvalue weighted by Gasteiger charge is 2.32. The molecule has 1 atom stereocenters. The van der Waals surface area contributed by atoms with E-state index in [1.54, 1.807) is 4.90 Å². The van der Waals surface area contributed by atoms with E-state index in [4.69, 9.17) is 0 Å². The molecule has 0 bridgehead atoms. The summed E-state index contributed by atoms with van der Waals surface area (Å²) in [6.07, 6.45) is 0.466. The van der Waals surface area contributed by atoms with Crippen LogP contribution in [0.3, 0.4) is 0 Å². The van der Waals surface area contributed by atoms with Gasteiger partial charge in [-0.2, -0.15) is 13.2 Å². The molecular weight excluding hydrogens is 335 g/mol. The first-order chi connectivity index (χ1) is 11.8. The van der Waals surface area contributed by atoms with Gasteiger partial charge in [0.25, 0.3) is 0 Å². The molecule has 1 saturated heterocycles. The van der Waals surface area contributed by atoms with Gasteiger partial charge in [0.05, 0.1) is 0 Å². The number of carbonyl (C=O) groups is 2. The van der Waals surface area contributed by atoms with Crippen molar-refractivity contribution in [2.45, 2.75) is 44.4 Å². The third-order valence-electron chi connectivity index (χ3n) is 4.14. The van der Waals surface area contributed by atoms with E-state index in [9.17, 15) is 22.8 Å².